The minimum atomic E-state index is -3.47. The maximum Gasteiger partial charge on any atom is 0.338 e. The third-order valence-corrected chi connectivity index (χ3v) is 5.34. The fourth-order valence-corrected chi connectivity index (χ4v) is 3.64. The maximum atomic E-state index is 12.2. The highest BCUT2D eigenvalue weighted by Gasteiger charge is 2.14. The second kappa shape index (κ2) is 10.5. The summed E-state index contributed by atoms with van der Waals surface area (Å²) < 4.78 is 36.3. The minimum absolute atomic E-state index is 0.0198. The van der Waals surface area contributed by atoms with E-state index < -0.39 is 28.5 Å². The van der Waals surface area contributed by atoms with Crippen LogP contribution in [0.15, 0.2) is 48.5 Å². The first-order chi connectivity index (χ1) is 13.8. The normalized spacial score (nSPS) is 10.8. The first-order valence-corrected chi connectivity index (χ1v) is 10.7. The predicted molar refractivity (Wildman–Crippen MR) is 109 cm³/mol. The van der Waals surface area contributed by atoms with E-state index in [4.69, 9.17) is 9.47 Å². The average molecular weight is 420 g/mol. The third-order valence-electron chi connectivity index (χ3n) is 3.85. The van der Waals surface area contributed by atoms with Gasteiger partial charge in [0.15, 0.2) is 6.61 Å². The lowest BCUT2D eigenvalue weighted by atomic mass is 10.2. The molecule has 0 aliphatic heterocycles. The monoisotopic (exact) mass is 420 g/mol. The van der Waals surface area contributed by atoms with Crippen molar-refractivity contribution in [2.24, 2.45) is 0 Å². The molecule has 0 heterocycles. The Morgan fingerprint density at radius 1 is 1.07 bits per heavy atom. The summed E-state index contributed by atoms with van der Waals surface area (Å²) >= 11 is 0. The number of sulfonamides is 1. The number of hydrogen-bond donors (Lipinski definition) is 2. The lowest BCUT2D eigenvalue weighted by Crippen LogP contribution is -2.28. The molecule has 0 spiro atoms. The SMILES string of the molecule is CCCS(=O)(=O)Nc1cccc(C(=O)OCC(=O)NCc2ccccc2OC)c1. The number of carbonyl (C=O) groups is 2. The molecular formula is C20H24N2O6S. The molecule has 0 atom stereocenters. The van der Waals surface area contributed by atoms with Gasteiger partial charge in [0.05, 0.1) is 18.4 Å². The number of rotatable bonds is 10. The summed E-state index contributed by atoms with van der Waals surface area (Å²) in [5.41, 5.74) is 1.19. The van der Waals surface area contributed by atoms with Crippen molar-refractivity contribution in [2.75, 3.05) is 24.2 Å². The molecule has 0 aliphatic rings. The van der Waals surface area contributed by atoms with E-state index in [0.717, 1.165) is 5.56 Å². The highest BCUT2D eigenvalue weighted by molar-refractivity contribution is 7.92. The topological polar surface area (TPSA) is 111 Å². The Hall–Kier alpha value is -3.07. The van der Waals surface area contributed by atoms with E-state index in [1.165, 1.54) is 24.3 Å². The fourth-order valence-electron chi connectivity index (χ4n) is 2.52. The molecule has 29 heavy (non-hydrogen) atoms. The largest absolute Gasteiger partial charge is 0.496 e. The number of ether oxygens (including phenoxy) is 2. The van der Waals surface area contributed by atoms with Gasteiger partial charge in [-0.05, 0) is 30.7 Å². The lowest BCUT2D eigenvalue weighted by molar-refractivity contribution is -0.124. The van der Waals surface area contributed by atoms with Crippen molar-refractivity contribution in [3.63, 3.8) is 0 Å². The number of methoxy groups -OCH3 is 1. The highest BCUT2D eigenvalue weighted by atomic mass is 32.2. The summed E-state index contributed by atoms with van der Waals surface area (Å²) in [6, 6.07) is 13.1. The summed E-state index contributed by atoms with van der Waals surface area (Å²) in [4.78, 5) is 24.1. The van der Waals surface area contributed by atoms with Crippen molar-refractivity contribution < 1.29 is 27.5 Å². The molecular weight excluding hydrogens is 396 g/mol. The molecule has 2 N–H and O–H groups in total. The van der Waals surface area contributed by atoms with Crippen LogP contribution in [0.3, 0.4) is 0 Å². The van der Waals surface area contributed by atoms with E-state index in [0.29, 0.717) is 12.2 Å². The molecule has 2 aromatic carbocycles. The Morgan fingerprint density at radius 3 is 2.55 bits per heavy atom. The summed E-state index contributed by atoms with van der Waals surface area (Å²) in [7, 11) is -1.93. The predicted octanol–water partition coefficient (Wildman–Crippen LogP) is 2.32. The molecule has 2 rings (SSSR count). The Morgan fingerprint density at radius 2 is 1.83 bits per heavy atom. The van der Waals surface area contributed by atoms with Gasteiger partial charge >= 0.3 is 5.97 Å². The molecule has 0 fully saturated rings. The Balaban J connectivity index is 1.88. The van der Waals surface area contributed by atoms with Crippen LogP contribution in [0.25, 0.3) is 0 Å². The Labute approximate surface area is 170 Å². The molecule has 0 saturated heterocycles. The zero-order valence-corrected chi connectivity index (χ0v) is 17.1. The molecule has 0 saturated carbocycles. The van der Waals surface area contributed by atoms with E-state index in [1.54, 1.807) is 20.1 Å². The summed E-state index contributed by atoms with van der Waals surface area (Å²) in [5.74, 6) is -0.571. The van der Waals surface area contributed by atoms with Crippen molar-refractivity contribution in [3.8, 4) is 5.75 Å². The zero-order valence-electron chi connectivity index (χ0n) is 16.3. The van der Waals surface area contributed by atoms with Gasteiger partial charge in [0, 0.05) is 17.8 Å². The van der Waals surface area contributed by atoms with Crippen LogP contribution in [0.5, 0.6) is 5.75 Å². The first kappa shape index (κ1) is 22.2. The van der Waals surface area contributed by atoms with E-state index in [9.17, 15) is 18.0 Å². The number of anilines is 1. The van der Waals surface area contributed by atoms with Crippen LogP contribution in [-0.4, -0.2) is 39.8 Å². The van der Waals surface area contributed by atoms with Gasteiger partial charge in [0.25, 0.3) is 5.91 Å². The van der Waals surface area contributed by atoms with Crippen molar-refractivity contribution in [3.05, 3.63) is 59.7 Å². The number of benzene rings is 2. The van der Waals surface area contributed by atoms with Crippen molar-refractivity contribution in [1.29, 1.82) is 0 Å². The van der Waals surface area contributed by atoms with Gasteiger partial charge in [-0.2, -0.15) is 0 Å². The molecule has 156 valence electrons. The summed E-state index contributed by atoms with van der Waals surface area (Å²) in [6.07, 6.45) is 0.473. The van der Waals surface area contributed by atoms with Gasteiger partial charge in [0.2, 0.25) is 10.0 Å². The van der Waals surface area contributed by atoms with Crippen LogP contribution in [0.1, 0.15) is 29.3 Å². The van der Waals surface area contributed by atoms with E-state index in [2.05, 4.69) is 10.0 Å². The summed E-state index contributed by atoms with van der Waals surface area (Å²) in [5, 5.41) is 2.65. The maximum absolute atomic E-state index is 12.2. The Bertz CT molecular complexity index is 959. The van der Waals surface area contributed by atoms with E-state index in [1.807, 2.05) is 18.2 Å². The minimum Gasteiger partial charge on any atom is -0.496 e. The fraction of sp³-hybridized carbons (Fsp3) is 0.300. The van der Waals surface area contributed by atoms with Gasteiger partial charge < -0.3 is 14.8 Å². The van der Waals surface area contributed by atoms with Crippen molar-refractivity contribution in [1.82, 2.24) is 5.32 Å². The Kier molecular flexibility index (Phi) is 8.02. The van der Waals surface area contributed by atoms with Gasteiger partial charge in [-0.1, -0.05) is 31.2 Å². The number of esters is 1. The quantitative estimate of drug-likeness (QED) is 0.571. The molecule has 2 aromatic rings. The molecule has 0 bridgehead atoms. The molecule has 9 heteroatoms. The standard InChI is InChI=1S/C20H24N2O6S/c1-3-11-29(25,26)22-17-9-6-8-15(12-17)20(24)28-14-19(23)21-13-16-7-4-5-10-18(16)27-2/h4-10,12,22H,3,11,13-14H2,1-2H3,(H,21,23). The van der Waals surface area contributed by atoms with Gasteiger partial charge in [-0.25, -0.2) is 13.2 Å². The molecule has 8 nitrogen and oxygen atoms in total. The van der Waals surface area contributed by atoms with Crippen molar-refractivity contribution >= 4 is 27.6 Å². The lowest BCUT2D eigenvalue weighted by Gasteiger charge is -2.10. The number of nitrogens with one attached hydrogen (secondary N) is 2. The molecule has 0 unspecified atom stereocenters. The molecule has 1 amide bonds. The van der Waals surface area contributed by atoms with Crippen LogP contribution in [0.4, 0.5) is 5.69 Å². The van der Waals surface area contributed by atoms with E-state index in [-0.39, 0.29) is 23.5 Å². The average Bonchev–Trinajstić information content (AvgIpc) is 2.70. The smallest absolute Gasteiger partial charge is 0.338 e. The van der Waals surface area contributed by atoms with Gasteiger partial charge in [-0.15, -0.1) is 0 Å². The molecule has 0 radical (unpaired) electrons. The molecule has 0 aliphatic carbocycles. The van der Waals surface area contributed by atoms with Crippen LogP contribution in [-0.2, 0) is 26.1 Å². The van der Waals surface area contributed by atoms with Crippen LogP contribution in [0, 0.1) is 0 Å². The zero-order chi connectivity index (χ0) is 21.3. The number of carbonyl (C=O) groups excluding carboxylic acids is 2. The third kappa shape index (κ3) is 7.11. The van der Waals surface area contributed by atoms with Gasteiger partial charge in [-0.3, -0.25) is 9.52 Å². The van der Waals surface area contributed by atoms with Crippen LogP contribution < -0.4 is 14.8 Å². The second-order valence-corrected chi connectivity index (χ2v) is 8.01. The number of amides is 1. The van der Waals surface area contributed by atoms with E-state index >= 15 is 0 Å². The highest BCUT2D eigenvalue weighted by Crippen LogP contribution is 2.17. The number of para-hydroxylation sites is 1. The van der Waals surface area contributed by atoms with Crippen LogP contribution >= 0.6 is 0 Å². The first-order valence-electron chi connectivity index (χ1n) is 9.01. The summed E-state index contributed by atoms with van der Waals surface area (Å²) in [6.45, 7) is 1.53. The van der Waals surface area contributed by atoms with Crippen LogP contribution in [0.2, 0.25) is 0 Å². The number of hydrogen-bond acceptors (Lipinski definition) is 6. The van der Waals surface area contributed by atoms with Gasteiger partial charge in [0.1, 0.15) is 5.75 Å². The second-order valence-electron chi connectivity index (χ2n) is 6.17. The van der Waals surface area contributed by atoms with Crippen molar-refractivity contribution in [2.45, 2.75) is 19.9 Å². The molecule has 0 aromatic heterocycles.